The van der Waals surface area contributed by atoms with E-state index in [9.17, 15) is 4.79 Å². The number of aromatic nitrogens is 4. The van der Waals surface area contributed by atoms with Crippen molar-refractivity contribution in [2.24, 2.45) is 0 Å². The molecule has 0 aromatic carbocycles. The number of carboxylic acids is 1. The average Bonchev–Trinajstić information content (AvgIpc) is 2.76. The zero-order chi connectivity index (χ0) is 13.4. The first-order valence-electron chi connectivity index (χ1n) is 5.50. The molecule has 0 fully saturated rings. The molecule has 1 atom stereocenters. The molecular weight excluding hydrogens is 258 g/mol. The first-order chi connectivity index (χ1) is 8.65. The van der Waals surface area contributed by atoms with Crippen molar-refractivity contribution in [2.45, 2.75) is 23.9 Å². The lowest BCUT2D eigenvalue weighted by atomic mass is 10.5. The number of methoxy groups -OCH3 is 1. The molecule has 0 radical (unpaired) electrons. The molecule has 1 rings (SSSR count). The first kappa shape index (κ1) is 14.9. The van der Waals surface area contributed by atoms with E-state index in [1.165, 1.54) is 0 Å². The van der Waals surface area contributed by atoms with Gasteiger partial charge in [0, 0.05) is 20.2 Å². The van der Waals surface area contributed by atoms with Crippen LogP contribution in [0.2, 0.25) is 0 Å². The van der Waals surface area contributed by atoms with Crippen molar-refractivity contribution in [1.82, 2.24) is 25.5 Å². The molecule has 2 N–H and O–H groups in total. The zero-order valence-corrected chi connectivity index (χ0v) is 11.2. The quantitative estimate of drug-likeness (QED) is 0.458. The van der Waals surface area contributed by atoms with Crippen LogP contribution >= 0.6 is 11.8 Å². The molecule has 1 heterocycles. The van der Waals surface area contributed by atoms with Gasteiger partial charge in [-0.05, 0) is 17.4 Å². The molecule has 8 nitrogen and oxygen atoms in total. The van der Waals surface area contributed by atoms with Crippen molar-refractivity contribution < 1.29 is 14.6 Å². The average molecular weight is 275 g/mol. The predicted octanol–water partition coefficient (Wildman–Crippen LogP) is -0.526. The number of tetrazole rings is 1. The third kappa shape index (κ3) is 4.98. The lowest BCUT2D eigenvalue weighted by molar-refractivity contribution is -0.136. The molecule has 102 valence electrons. The van der Waals surface area contributed by atoms with Gasteiger partial charge in [0.15, 0.2) is 0 Å². The van der Waals surface area contributed by atoms with Crippen LogP contribution in [0.5, 0.6) is 0 Å². The lowest BCUT2D eigenvalue weighted by Gasteiger charge is -2.07. The summed E-state index contributed by atoms with van der Waals surface area (Å²) >= 11 is 1.13. The lowest BCUT2D eigenvalue weighted by Crippen LogP contribution is -2.24. The number of ether oxygens (including phenoxy) is 1. The van der Waals surface area contributed by atoms with Gasteiger partial charge in [0.25, 0.3) is 0 Å². The fourth-order valence-electron chi connectivity index (χ4n) is 1.11. The minimum absolute atomic E-state index is 0.512. The summed E-state index contributed by atoms with van der Waals surface area (Å²) in [6.45, 7) is 4.29. The van der Waals surface area contributed by atoms with Crippen LogP contribution in [0, 0.1) is 0 Å². The second-order valence-corrected chi connectivity index (χ2v) is 4.83. The van der Waals surface area contributed by atoms with E-state index in [0.717, 1.165) is 18.3 Å². The number of carbonyl (C=O) groups is 1. The Morgan fingerprint density at radius 1 is 1.61 bits per heavy atom. The Morgan fingerprint density at radius 2 is 2.39 bits per heavy atom. The Kier molecular flexibility index (Phi) is 6.61. The van der Waals surface area contributed by atoms with Crippen LogP contribution in [0.4, 0.5) is 0 Å². The number of aliphatic carboxylic acids is 1. The van der Waals surface area contributed by atoms with Crippen LogP contribution in [-0.4, -0.2) is 63.3 Å². The fraction of sp³-hybridized carbons (Fsp3) is 0.778. The van der Waals surface area contributed by atoms with Gasteiger partial charge in [0.1, 0.15) is 5.25 Å². The highest BCUT2D eigenvalue weighted by atomic mass is 32.2. The van der Waals surface area contributed by atoms with E-state index < -0.39 is 11.2 Å². The molecule has 0 aliphatic rings. The van der Waals surface area contributed by atoms with Crippen LogP contribution in [0.3, 0.4) is 0 Å². The molecule has 0 saturated heterocycles. The fourth-order valence-corrected chi connectivity index (χ4v) is 1.86. The summed E-state index contributed by atoms with van der Waals surface area (Å²) in [5.74, 6) is -0.882. The van der Waals surface area contributed by atoms with Gasteiger partial charge in [-0.2, -0.15) is 0 Å². The van der Waals surface area contributed by atoms with E-state index in [-0.39, 0.29) is 0 Å². The van der Waals surface area contributed by atoms with Crippen LogP contribution in [-0.2, 0) is 16.1 Å². The Morgan fingerprint density at radius 3 is 3.06 bits per heavy atom. The minimum atomic E-state index is -0.882. The highest BCUT2D eigenvalue weighted by Gasteiger charge is 2.17. The maximum absolute atomic E-state index is 10.7. The highest BCUT2D eigenvalue weighted by molar-refractivity contribution is 8.00. The van der Waals surface area contributed by atoms with Gasteiger partial charge >= 0.3 is 5.97 Å². The normalized spacial score (nSPS) is 12.6. The topological polar surface area (TPSA) is 102 Å². The number of hydrogen-bond donors (Lipinski definition) is 2. The van der Waals surface area contributed by atoms with Gasteiger partial charge in [-0.15, -0.1) is 5.10 Å². The van der Waals surface area contributed by atoms with E-state index in [1.54, 1.807) is 18.7 Å². The molecule has 1 unspecified atom stereocenters. The largest absolute Gasteiger partial charge is 0.480 e. The molecule has 1 aromatic rings. The van der Waals surface area contributed by atoms with Gasteiger partial charge in [-0.25, -0.2) is 4.68 Å². The molecule has 0 spiro atoms. The summed E-state index contributed by atoms with van der Waals surface area (Å²) in [5, 5.41) is 23.1. The number of nitrogens with one attached hydrogen (secondary N) is 1. The third-order valence-corrected chi connectivity index (χ3v) is 3.17. The molecule has 0 aliphatic carbocycles. The van der Waals surface area contributed by atoms with E-state index in [1.807, 2.05) is 0 Å². The molecule has 0 saturated carbocycles. The van der Waals surface area contributed by atoms with E-state index >= 15 is 0 Å². The van der Waals surface area contributed by atoms with E-state index in [2.05, 4.69) is 20.8 Å². The molecular formula is C9H17N5O3S. The van der Waals surface area contributed by atoms with Gasteiger partial charge in [-0.3, -0.25) is 4.79 Å². The Balaban J connectivity index is 2.37. The summed E-state index contributed by atoms with van der Waals surface area (Å²) in [4.78, 5) is 10.7. The van der Waals surface area contributed by atoms with Crippen LogP contribution < -0.4 is 5.32 Å². The molecule has 0 amide bonds. The SMILES string of the molecule is COCCNCCn1nnnc1SC(C)C(=O)O. The number of nitrogens with zero attached hydrogens (tertiary/aromatic N) is 4. The van der Waals surface area contributed by atoms with Gasteiger partial charge < -0.3 is 15.2 Å². The zero-order valence-electron chi connectivity index (χ0n) is 10.4. The van der Waals surface area contributed by atoms with Crippen molar-refractivity contribution in [3.8, 4) is 0 Å². The highest BCUT2D eigenvalue weighted by Crippen LogP contribution is 2.19. The van der Waals surface area contributed by atoms with Crippen molar-refractivity contribution in [2.75, 3.05) is 26.8 Å². The smallest absolute Gasteiger partial charge is 0.316 e. The second kappa shape index (κ2) is 8.01. The number of rotatable bonds is 9. The van der Waals surface area contributed by atoms with Crippen molar-refractivity contribution in [3.63, 3.8) is 0 Å². The Bertz CT molecular complexity index is 373. The van der Waals surface area contributed by atoms with Crippen molar-refractivity contribution in [1.29, 1.82) is 0 Å². The Hall–Kier alpha value is -1.19. The first-order valence-corrected chi connectivity index (χ1v) is 6.38. The van der Waals surface area contributed by atoms with Crippen molar-refractivity contribution in [3.05, 3.63) is 0 Å². The summed E-state index contributed by atoms with van der Waals surface area (Å²) in [5.41, 5.74) is 0. The summed E-state index contributed by atoms with van der Waals surface area (Å²) < 4.78 is 6.49. The number of hydrogen-bond acceptors (Lipinski definition) is 7. The predicted molar refractivity (Wildman–Crippen MR) is 65.5 cm³/mol. The molecule has 1 aromatic heterocycles. The van der Waals surface area contributed by atoms with Crippen LogP contribution in [0.1, 0.15) is 6.92 Å². The molecule has 18 heavy (non-hydrogen) atoms. The molecule has 9 heteroatoms. The summed E-state index contributed by atoms with van der Waals surface area (Å²) in [7, 11) is 1.64. The monoisotopic (exact) mass is 275 g/mol. The second-order valence-electron chi connectivity index (χ2n) is 3.53. The third-order valence-electron chi connectivity index (χ3n) is 2.11. The summed E-state index contributed by atoms with van der Waals surface area (Å²) in [6.07, 6.45) is 0. The van der Waals surface area contributed by atoms with E-state index in [0.29, 0.717) is 24.9 Å². The van der Waals surface area contributed by atoms with Gasteiger partial charge in [-0.1, -0.05) is 11.8 Å². The van der Waals surface area contributed by atoms with Gasteiger partial charge in [0.2, 0.25) is 5.16 Å². The maximum Gasteiger partial charge on any atom is 0.316 e. The van der Waals surface area contributed by atoms with Gasteiger partial charge in [0.05, 0.1) is 13.2 Å². The van der Waals surface area contributed by atoms with Crippen LogP contribution in [0.25, 0.3) is 0 Å². The maximum atomic E-state index is 10.7. The summed E-state index contributed by atoms with van der Waals surface area (Å²) in [6, 6.07) is 0. The Labute approximate surface area is 109 Å². The molecule has 0 aliphatic heterocycles. The molecule has 0 bridgehead atoms. The number of thioether (sulfide) groups is 1. The van der Waals surface area contributed by atoms with Crippen LogP contribution in [0.15, 0.2) is 5.16 Å². The van der Waals surface area contributed by atoms with E-state index in [4.69, 9.17) is 9.84 Å². The van der Waals surface area contributed by atoms with Crippen molar-refractivity contribution >= 4 is 17.7 Å². The number of carboxylic acid groups (broad SMARTS) is 1. The standard InChI is InChI=1S/C9H17N5O3S/c1-7(8(15)16)18-9-11-12-13-14(9)5-3-10-4-6-17-2/h7,10H,3-6H2,1-2H3,(H,15,16). The minimum Gasteiger partial charge on any atom is -0.480 e.